The maximum absolute atomic E-state index is 14.8. The van der Waals surface area contributed by atoms with Crippen LogP contribution in [0, 0.1) is 5.41 Å². The maximum Gasteiger partial charge on any atom is 0.350 e. The molecule has 0 spiro atoms. The fourth-order valence-electron chi connectivity index (χ4n) is 5.26. The van der Waals surface area contributed by atoms with Crippen molar-refractivity contribution in [3.8, 4) is 0 Å². The molecule has 1 aliphatic carbocycles. The molecule has 168 valence electrons. The zero-order chi connectivity index (χ0) is 21.5. The molecule has 0 N–H and O–H groups in total. The predicted octanol–water partition coefficient (Wildman–Crippen LogP) is 5.77. The van der Waals surface area contributed by atoms with Crippen LogP contribution in [0.15, 0.2) is 46.4 Å². The van der Waals surface area contributed by atoms with E-state index in [0.29, 0.717) is 6.61 Å². The van der Waals surface area contributed by atoms with Crippen molar-refractivity contribution in [2.75, 3.05) is 31.1 Å². The van der Waals surface area contributed by atoms with Gasteiger partial charge in [-0.05, 0) is 62.5 Å². The lowest BCUT2D eigenvalue weighted by Crippen LogP contribution is -2.36. The molecule has 2 fully saturated rings. The number of fused-ring (bicyclic) bond motifs is 1. The Hall–Kier alpha value is -1.62. The summed E-state index contributed by atoms with van der Waals surface area (Å²) < 4.78 is 28.6. The lowest BCUT2D eigenvalue weighted by Gasteiger charge is -2.40. The zero-order valence-corrected chi connectivity index (χ0v) is 19.7. The Morgan fingerprint density at radius 3 is 2.61 bits per heavy atom. The molecule has 31 heavy (non-hydrogen) atoms. The third-order valence-electron chi connectivity index (χ3n) is 6.77. The summed E-state index contributed by atoms with van der Waals surface area (Å²) in [5, 5.41) is 5.83. The van der Waals surface area contributed by atoms with Gasteiger partial charge in [0.15, 0.2) is 0 Å². The monoisotopic (exact) mass is 443 g/mol. The van der Waals surface area contributed by atoms with Crippen molar-refractivity contribution in [3.05, 3.63) is 41.3 Å². The van der Waals surface area contributed by atoms with Gasteiger partial charge in [0.1, 0.15) is 5.31 Å². The highest BCUT2D eigenvalue weighted by Gasteiger charge is 2.52. The number of hydrogen-bond acceptors (Lipinski definition) is 5. The second-order valence-electron chi connectivity index (χ2n) is 9.98. The van der Waals surface area contributed by atoms with Crippen LogP contribution in [0.25, 0.3) is 0 Å². The number of hydrogen-bond donors (Lipinski definition) is 0. The van der Waals surface area contributed by atoms with E-state index < -0.39 is 7.52 Å². The fourth-order valence-corrected chi connectivity index (χ4v) is 7.71. The summed E-state index contributed by atoms with van der Waals surface area (Å²) in [4.78, 5) is 2.46. The molecule has 2 saturated heterocycles. The lowest BCUT2D eigenvalue weighted by atomic mass is 9.78. The zero-order valence-electron chi connectivity index (χ0n) is 18.8. The molecule has 5 rings (SSSR count). The minimum absolute atomic E-state index is 0.0200. The summed E-state index contributed by atoms with van der Waals surface area (Å²) in [6.45, 7) is 7.75. The summed E-state index contributed by atoms with van der Waals surface area (Å²) in [5.74, 6) is 0. The Morgan fingerprint density at radius 2 is 1.90 bits per heavy atom. The van der Waals surface area contributed by atoms with Crippen molar-refractivity contribution in [1.29, 1.82) is 0 Å². The van der Waals surface area contributed by atoms with E-state index in [4.69, 9.17) is 14.4 Å². The average molecular weight is 444 g/mol. The highest BCUT2D eigenvalue weighted by molar-refractivity contribution is 7.67. The molecule has 7 heteroatoms. The average Bonchev–Trinajstić information content (AvgIpc) is 3.39. The Labute approximate surface area is 185 Å². The first-order chi connectivity index (χ1) is 15.0. The number of para-hydroxylation sites is 1. The van der Waals surface area contributed by atoms with Gasteiger partial charge in [0.2, 0.25) is 0 Å². The van der Waals surface area contributed by atoms with Crippen LogP contribution >= 0.6 is 7.52 Å². The third-order valence-corrected chi connectivity index (χ3v) is 9.17. The summed E-state index contributed by atoms with van der Waals surface area (Å²) in [7, 11) is -3.38. The normalized spacial score (nSPS) is 30.5. The van der Waals surface area contributed by atoms with Crippen LogP contribution in [0.2, 0.25) is 0 Å². The standard InChI is InChI=1S/C24H34N3O3P/c1-24(2)16-21-23(22(17-24)26-13-7-4-8-14-26)31(28,30-18-20-12-9-15-29-20)27(25-21)19-10-5-3-6-11-19/h3,5-6,10-11,20H,4,7-9,12-18H2,1-2H3/t20-,31+/m1/s1. The van der Waals surface area contributed by atoms with Crippen LogP contribution in [-0.2, 0) is 13.8 Å². The Morgan fingerprint density at radius 1 is 1.13 bits per heavy atom. The number of anilines is 1. The highest BCUT2D eigenvalue weighted by atomic mass is 31.2. The topological polar surface area (TPSA) is 54.4 Å². The largest absolute Gasteiger partial charge is 0.376 e. The van der Waals surface area contributed by atoms with Crippen molar-refractivity contribution in [2.24, 2.45) is 10.5 Å². The summed E-state index contributed by atoms with van der Waals surface area (Å²) in [6.07, 6.45) is 7.40. The van der Waals surface area contributed by atoms with Crippen LogP contribution in [0.1, 0.15) is 58.8 Å². The van der Waals surface area contributed by atoms with Crippen molar-refractivity contribution < 1.29 is 13.8 Å². The van der Waals surface area contributed by atoms with E-state index in [1.807, 2.05) is 30.3 Å². The molecule has 0 radical (unpaired) electrons. The van der Waals surface area contributed by atoms with Gasteiger partial charge >= 0.3 is 7.52 Å². The number of allylic oxidation sites excluding steroid dienone is 2. The van der Waals surface area contributed by atoms with Crippen LogP contribution in [0.5, 0.6) is 0 Å². The number of ether oxygens (including phenoxy) is 1. The Kier molecular flexibility index (Phi) is 5.74. The van der Waals surface area contributed by atoms with Gasteiger partial charge in [0.05, 0.1) is 24.1 Å². The van der Waals surface area contributed by atoms with Crippen molar-refractivity contribution in [2.45, 2.75) is 64.9 Å². The lowest BCUT2D eigenvalue weighted by molar-refractivity contribution is 0.0692. The second-order valence-corrected chi connectivity index (χ2v) is 12.1. The van der Waals surface area contributed by atoms with Crippen LogP contribution in [-0.4, -0.2) is 43.0 Å². The SMILES string of the molecule is CC1(C)CC2=NN(c3ccccc3)[P@@](=O)(OC[C@H]3CCCO3)C2=C(N2CCCCC2)C1. The molecule has 0 saturated carbocycles. The van der Waals surface area contributed by atoms with Crippen molar-refractivity contribution in [3.63, 3.8) is 0 Å². The van der Waals surface area contributed by atoms with E-state index in [2.05, 4.69) is 18.7 Å². The van der Waals surface area contributed by atoms with Crippen LogP contribution < -0.4 is 4.78 Å². The molecular formula is C24H34N3O3P. The molecule has 3 aliphatic heterocycles. The molecule has 1 aromatic rings. The van der Waals surface area contributed by atoms with Gasteiger partial charge in [-0.3, -0.25) is 4.57 Å². The molecule has 4 aliphatic rings. The van der Waals surface area contributed by atoms with E-state index in [9.17, 15) is 4.57 Å². The van der Waals surface area contributed by atoms with Gasteiger partial charge in [0, 0.05) is 25.4 Å². The number of piperidine rings is 1. The van der Waals surface area contributed by atoms with Gasteiger partial charge in [-0.15, -0.1) is 0 Å². The molecule has 0 aromatic heterocycles. The first-order valence-corrected chi connectivity index (χ1v) is 13.3. The summed E-state index contributed by atoms with van der Waals surface area (Å²) >= 11 is 0. The summed E-state index contributed by atoms with van der Waals surface area (Å²) in [6, 6.07) is 9.84. The minimum atomic E-state index is -3.38. The number of rotatable bonds is 5. The number of benzene rings is 1. The third kappa shape index (κ3) is 4.10. The van der Waals surface area contributed by atoms with E-state index in [-0.39, 0.29) is 11.5 Å². The van der Waals surface area contributed by atoms with Crippen LogP contribution in [0.3, 0.4) is 0 Å². The molecule has 3 heterocycles. The van der Waals surface area contributed by atoms with E-state index in [0.717, 1.165) is 62.1 Å². The highest BCUT2D eigenvalue weighted by Crippen LogP contribution is 2.67. The second kappa shape index (κ2) is 8.38. The van der Waals surface area contributed by atoms with Crippen molar-refractivity contribution >= 4 is 18.9 Å². The smallest absolute Gasteiger partial charge is 0.350 e. The molecule has 0 amide bonds. The molecule has 0 bridgehead atoms. The number of likely N-dealkylation sites (tertiary alicyclic amines) is 1. The predicted molar refractivity (Wildman–Crippen MR) is 124 cm³/mol. The molecular weight excluding hydrogens is 409 g/mol. The number of nitrogens with zero attached hydrogens (tertiary/aromatic N) is 3. The van der Waals surface area contributed by atoms with E-state index in [1.54, 1.807) is 4.78 Å². The van der Waals surface area contributed by atoms with Gasteiger partial charge in [-0.2, -0.15) is 9.88 Å². The Balaban J connectivity index is 1.59. The quantitative estimate of drug-likeness (QED) is 0.541. The van der Waals surface area contributed by atoms with Crippen molar-refractivity contribution in [1.82, 2.24) is 4.90 Å². The Bertz CT molecular complexity index is 915. The molecule has 0 unspecified atom stereocenters. The molecule has 2 atom stereocenters. The number of hydrazone groups is 1. The molecule has 1 aromatic carbocycles. The molecule has 6 nitrogen and oxygen atoms in total. The van der Waals surface area contributed by atoms with Crippen LogP contribution in [0.4, 0.5) is 5.69 Å². The van der Waals surface area contributed by atoms with Gasteiger partial charge in [0.25, 0.3) is 0 Å². The van der Waals surface area contributed by atoms with E-state index in [1.165, 1.54) is 25.0 Å². The first-order valence-electron chi connectivity index (χ1n) is 11.7. The van der Waals surface area contributed by atoms with Gasteiger partial charge in [-0.25, -0.2) is 0 Å². The first kappa shape index (κ1) is 21.2. The fraction of sp³-hybridized carbons (Fsp3) is 0.625. The van der Waals surface area contributed by atoms with Gasteiger partial charge < -0.3 is 14.2 Å². The summed E-state index contributed by atoms with van der Waals surface area (Å²) in [5.41, 5.74) is 3.05. The minimum Gasteiger partial charge on any atom is -0.376 e. The van der Waals surface area contributed by atoms with Gasteiger partial charge in [-0.1, -0.05) is 32.0 Å². The maximum atomic E-state index is 14.8. The van der Waals surface area contributed by atoms with E-state index >= 15 is 0 Å².